The summed E-state index contributed by atoms with van der Waals surface area (Å²) in [5.74, 6) is 0.551. The molecule has 0 radical (unpaired) electrons. The van der Waals surface area contributed by atoms with Crippen molar-refractivity contribution in [2.45, 2.75) is 39.8 Å². The second-order valence-electron chi connectivity index (χ2n) is 10.1. The van der Waals surface area contributed by atoms with Gasteiger partial charge in [-0.25, -0.2) is 0 Å². The van der Waals surface area contributed by atoms with E-state index in [0.717, 1.165) is 27.5 Å². The molecule has 1 atom stereocenters. The minimum atomic E-state index is -0.680. The van der Waals surface area contributed by atoms with Gasteiger partial charge >= 0.3 is 0 Å². The van der Waals surface area contributed by atoms with Crippen LogP contribution in [0.2, 0.25) is 0 Å². The molecule has 0 aliphatic carbocycles. The number of nitrogens with zero attached hydrogens (tertiary/aromatic N) is 1. The molecule has 5 nitrogen and oxygen atoms in total. The van der Waals surface area contributed by atoms with E-state index in [-0.39, 0.29) is 18.4 Å². The standard InChI is InChI=1S/C33H36N2O3/c1-24(2)21-34-33(37)30(20-26-10-5-4-6-11-26)35(22-27-18-16-25(3)17-19-27)32(36)23-38-31-15-9-13-28-12-7-8-14-29(28)31/h4-19,24,30H,20-23H2,1-3H3,(H,34,37)/t30-/m0/s1. The predicted molar refractivity (Wildman–Crippen MR) is 153 cm³/mol. The quantitative estimate of drug-likeness (QED) is 0.273. The molecular formula is C33H36N2O3. The third-order valence-electron chi connectivity index (χ3n) is 6.53. The van der Waals surface area contributed by atoms with Crippen molar-refractivity contribution in [3.63, 3.8) is 0 Å². The Labute approximate surface area is 225 Å². The van der Waals surface area contributed by atoms with Crippen molar-refractivity contribution in [1.82, 2.24) is 10.2 Å². The zero-order valence-corrected chi connectivity index (χ0v) is 22.4. The highest BCUT2D eigenvalue weighted by molar-refractivity contribution is 5.90. The fourth-order valence-electron chi connectivity index (χ4n) is 4.41. The van der Waals surface area contributed by atoms with Crippen LogP contribution in [-0.4, -0.2) is 35.9 Å². The van der Waals surface area contributed by atoms with Crippen molar-refractivity contribution in [2.75, 3.05) is 13.2 Å². The highest BCUT2D eigenvalue weighted by Gasteiger charge is 2.30. The summed E-state index contributed by atoms with van der Waals surface area (Å²) in [5, 5.41) is 5.05. The maximum absolute atomic E-state index is 13.8. The Morgan fingerprint density at radius 1 is 0.816 bits per heavy atom. The Kier molecular flexibility index (Phi) is 9.15. The van der Waals surface area contributed by atoms with Crippen LogP contribution in [0.1, 0.15) is 30.5 Å². The van der Waals surface area contributed by atoms with Gasteiger partial charge in [-0.1, -0.05) is 110 Å². The van der Waals surface area contributed by atoms with Crippen molar-refractivity contribution in [1.29, 1.82) is 0 Å². The zero-order chi connectivity index (χ0) is 26.9. The third kappa shape index (κ3) is 7.22. The molecule has 196 valence electrons. The number of carbonyl (C=O) groups excluding carboxylic acids is 2. The number of hydrogen-bond acceptors (Lipinski definition) is 3. The Morgan fingerprint density at radius 2 is 1.50 bits per heavy atom. The molecule has 0 saturated carbocycles. The van der Waals surface area contributed by atoms with Crippen LogP contribution in [0.15, 0.2) is 97.1 Å². The molecule has 38 heavy (non-hydrogen) atoms. The molecule has 0 aromatic heterocycles. The number of carbonyl (C=O) groups is 2. The molecule has 4 aromatic rings. The van der Waals surface area contributed by atoms with Crippen LogP contribution >= 0.6 is 0 Å². The smallest absolute Gasteiger partial charge is 0.261 e. The van der Waals surface area contributed by atoms with E-state index in [1.54, 1.807) is 4.90 Å². The first kappa shape index (κ1) is 26.9. The zero-order valence-electron chi connectivity index (χ0n) is 22.4. The monoisotopic (exact) mass is 508 g/mol. The van der Waals surface area contributed by atoms with E-state index in [0.29, 0.717) is 31.2 Å². The first-order chi connectivity index (χ1) is 18.4. The molecule has 2 amide bonds. The highest BCUT2D eigenvalue weighted by Crippen LogP contribution is 2.25. The average Bonchev–Trinajstić information content (AvgIpc) is 2.93. The largest absolute Gasteiger partial charge is 0.483 e. The summed E-state index contributed by atoms with van der Waals surface area (Å²) in [5.41, 5.74) is 3.10. The van der Waals surface area contributed by atoms with Gasteiger partial charge in [0.2, 0.25) is 5.91 Å². The molecule has 0 spiro atoms. The fourth-order valence-corrected chi connectivity index (χ4v) is 4.41. The lowest BCUT2D eigenvalue weighted by Gasteiger charge is -2.32. The number of aryl methyl sites for hydroxylation is 1. The molecule has 5 heteroatoms. The topological polar surface area (TPSA) is 58.6 Å². The van der Waals surface area contributed by atoms with Crippen molar-refractivity contribution in [2.24, 2.45) is 5.92 Å². The molecule has 1 N–H and O–H groups in total. The third-order valence-corrected chi connectivity index (χ3v) is 6.53. The first-order valence-corrected chi connectivity index (χ1v) is 13.2. The van der Waals surface area contributed by atoms with E-state index in [4.69, 9.17) is 4.74 Å². The van der Waals surface area contributed by atoms with Crippen LogP contribution in [0.5, 0.6) is 5.75 Å². The lowest BCUT2D eigenvalue weighted by Crippen LogP contribution is -2.52. The van der Waals surface area contributed by atoms with E-state index in [1.165, 1.54) is 0 Å². The van der Waals surface area contributed by atoms with Crippen LogP contribution in [0, 0.1) is 12.8 Å². The van der Waals surface area contributed by atoms with Crippen LogP contribution < -0.4 is 10.1 Å². The number of amides is 2. The molecular weight excluding hydrogens is 472 g/mol. The van der Waals surface area contributed by atoms with Gasteiger partial charge in [-0.15, -0.1) is 0 Å². The maximum Gasteiger partial charge on any atom is 0.261 e. The Balaban J connectivity index is 1.63. The van der Waals surface area contributed by atoms with Gasteiger partial charge in [0.25, 0.3) is 5.91 Å². The minimum Gasteiger partial charge on any atom is -0.483 e. The molecule has 4 aromatic carbocycles. The van der Waals surface area contributed by atoms with Crippen LogP contribution in [-0.2, 0) is 22.6 Å². The second kappa shape index (κ2) is 12.9. The van der Waals surface area contributed by atoms with Crippen molar-refractivity contribution >= 4 is 22.6 Å². The summed E-state index contributed by atoms with van der Waals surface area (Å²) in [6.45, 7) is 6.83. The Bertz CT molecular complexity index is 1340. The second-order valence-corrected chi connectivity index (χ2v) is 10.1. The number of ether oxygens (including phenoxy) is 1. The van der Waals surface area contributed by atoms with E-state index < -0.39 is 6.04 Å². The molecule has 0 aliphatic rings. The van der Waals surface area contributed by atoms with E-state index in [2.05, 4.69) is 19.2 Å². The summed E-state index contributed by atoms with van der Waals surface area (Å²) in [7, 11) is 0. The molecule has 4 rings (SSSR count). The van der Waals surface area contributed by atoms with Gasteiger partial charge in [0.1, 0.15) is 11.8 Å². The number of fused-ring (bicyclic) bond motifs is 1. The van der Waals surface area contributed by atoms with Crippen molar-refractivity contribution < 1.29 is 14.3 Å². The number of benzene rings is 4. The summed E-state index contributed by atoms with van der Waals surface area (Å²) in [6, 6.07) is 31.0. The van der Waals surface area contributed by atoms with Gasteiger partial charge in [-0.3, -0.25) is 9.59 Å². The maximum atomic E-state index is 13.8. The lowest BCUT2D eigenvalue weighted by atomic mass is 10.0. The molecule has 0 unspecified atom stereocenters. The fraction of sp³-hybridized carbons (Fsp3) is 0.273. The SMILES string of the molecule is Cc1ccc(CN(C(=O)COc2cccc3ccccc23)[C@@H](Cc2ccccc2)C(=O)NCC(C)C)cc1. The Hall–Kier alpha value is -4.12. The van der Waals surface area contributed by atoms with Crippen LogP contribution in [0.3, 0.4) is 0 Å². The van der Waals surface area contributed by atoms with Crippen molar-refractivity contribution in [3.8, 4) is 5.75 Å². The van der Waals surface area contributed by atoms with Gasteiger partial charge in [0.05, 0.1) is 0 Å². The summed E-state index contributed by atoms with van der Waals surface area (Å²) < 4.78 is 6.07. The minimum absolute atomic E-state index is 0.159. The number of nitrogens with one attached hydrogen (secondary N) is 1. The van der Waals surface area contributed by atoms with Gasteiger partial charge in [-0.2, -0.15) is 0 Å². The number of hydrogen-bond donors (Lipinski definition) is 1. The normalized spacial score (nSPS) is 11.8. The molecule has 0 fully saturated rings. The van der Waals surface area contributed by atoms with Gasteiger partial charge in [0, 0.05) is 24.9 Å². The molecule has 0 heterocycles. The highest BCUT2D eigenvalue weighted by atomic mass is 16.5. The van der Waals surface area contributed by atoms with Crippen molar-refractivity contribution in [3.05, 3.63) is 114 Å². The summed E-state index contributed by atoms with van der Waals surface area (Å²) in [4.78, 5) is 29.0. The Morgan fingerprint density at radius 3 is 2.24 bits per heavy atom. The average molecular weight is 509 g/mol. The molecule has 0 aliphatic heterocycles. The van der Waals surface area contributed by atoms with E-state index in [1.807, 2.05) is 104 Å². The first-order valence-electron chi connectivity index (χ1n) is 13.2. The van der Waals surface area contributed by atoms with Gasteiger partial charge in [-0.05, 0) is 35.4 Å². The van der Waals surface area contributed by atoms with E-state index >= 15 is 0 Å². The van der Waals surface area contributed by atoms with Crippen LogP contribution in [0.4, 0.5) is 0 Å². The van der Waals surface area contributed by atoms with Gasteiger partial charge in [0.15, 0.2) is 6.61 Å². The van der Waals surface area contributed by atoms with E-state index in [9.17, 15) is 9.59 Å². The predicted octanol–water partition coefficient (Wildman–Crippen LogP) is 5.94. The van der Waals surface area contributed by atoms with Crippen LogP contribution in [0.25, 0.3) is 10.8 Å². The summed E-state index contributed by atoms with van der Waals surface area (Å²) in [6.07, 6.45) is 0.413. The molecule has 0 bridgehead atoms. The van der Waals surface area contributed by atoms with Gasteiger partial charge < -0.3 is 15.0 Å². The molecule has 0 saturated heterocycles. The number of rotatable bonds is 11. The summed E-state index contributed by atoms with van der Waals surface area (Å²) >= 11 is 0. The lowest BCUT2D eigenvalue weighted by molar-refractivity contribution is -0.142.